The van der Waals surface area contributed by atoms with E-state index in [0.29, 0.717) is 11.6 Å². The van der Waals surface area contributed by atoms with Gasteiger partial charge in [0.15, 0.2) is 0 Å². The molecular weight excluding hydrogens is 256 g/mol. The van der Waals surface area contributed by atoms with Crippen LogP contribution in [0.1, 0.15) is 40.4 Å². The minimum atomic E-state index is -0.813. The number of nitrogens with one attached hydrogen (secondary N) is 2. The van der Waals surface area contributed by atoms with E-state index in [0.717, 1.165) is 12.4 Å². The monoisotopic (exact) mass is 282 g/mol. The molecule has 0 aliphatic heterocycles. The van der Waals surface area contributed by atoms with Crippen molar-refractivity contribution in [3.63, 3.8) is 0 Å². The van der Waals surface area contributed by atoms with Crippen LogP contribution in [-0.2, 0) is 5.41 Å². The number of hydrogen-bond acceptors (Lipinski definition) is 6. The highest BCUT2D eigenvalue weighted by atomic mass is 16.3. The van der Waals surface area contributed by atoms with Gasteiger partial charge in [0.1, 0.15) is 17.5 Å². The summed E-state index contributed by atoms with van der Waals surface area (Å²) in [6.07, 6.45) is 0. The molecule has 0 bridgehead atoms. The average Bonchev–Trinajstić information content (AvgIpc) is 2.37. The van der Waals surface area contributed by atoms with Crippen molar-refractivity contribution in [1.29, 1.82) is 0 Å². The summed E-state index contributed by atoms with van der Waals surface area (Å²) < 4.78 is 0. The maximum Gasteiger partial charge on any atom is 0.138 e. The van der Waals surface area contributed by atoms with Crippen LogP contribution in [-0.4, -0.2) is 45.5 Å². The molecule has 1 rings (SSSR count). The number of aliphatic hydroxyl groups excluding tert-OH is 2. The summed E-state index contributed by atoms with van der Waals surface area (Å²) in [5.74, 6) is 2.02. The lowest BCUT2D eigenvalue weighted by Gasteiger charge is -2.28. The molecule has 6 heteroatoms. The van der Waals surface area contributed by atoms with Gasteiger partial charge >= 0.3 is 0 Å². The van der Waals surface area contributed by atoms with Gasteiger partial charge in [-0.15, -0.1) is 0 Å². The molecule has 0 spiro atoms. The third-order valence-corrected chi connectivity index (χ3v) is 2.88. The minimum Gasteiger partial charge on any atom is -0.394 e. The first-order valence-electron chi connectivity index (χ1n) is 6.87. The number of rotatable bonds is 6. The van der Waals surface area contributed by atoms with Crippen LogP contribution >= 0.6 is 0 Å². The Kier molecular flexibility index (Phi) is 5.30. The lowest BCUT2D eigenvalue weighted by Crippen LogP contribution is -2.43. The van der Waals surface area contributed by atoms with Crippen molar-refractivity contribution in [2.45, 2.75) is 45.6 Å². The molecule has 0 fully saturated rings. The van der Waals surface area contributed by atoms with Gasteiger partial charge in [-0.05, 0) is 13.8 Å². The lowest BCUT2D eigenvalue weighted by atomic mass is 9.95. The predicted molar refractivity (Wildman–Crippen MR) is 81.1 cm³/mol. The number of aliphatic hydroxyl groups is 2. The number of anilines is 2. The highest BCUT2D eigenvalue weighted by Crippen LogP contribution is 2.23. The number of hydrogen-bond donors (Lipinski definition) is 4. The Morgan fingerprint density at radius 2 is 1.60 bits per heavy atom. The normalized spacial score (nSPS) is 12.3. The summed E-state index contributed by atoms with van der Waals surface area (Å²) in [5, 5.41) is 25.0. The fourth-order valence-electron chi connectivity index (χ4n) is 1.56. The zero-order chi connectivity index (χ0) is 15.4. The maximum absolute atomic E-state index is 9.37. The molecule has 0 saturated carbocycles. The van der Waals surface area contributed by atoms with E-state index in [1.807, 2.05) is 27.7 Å². The predicted octanol–water partition coefficient (Wildman–Crippen LogP) is 1.36. The Bertz CT molecular complexity index is 439. The fraction of sp³-hybridized carbons (Fsp3) is 0.714. The summed E-state index contributed by atoms with van der Waals surface area (Å²) in [5.41, 5.74) is -0.996. The van der Waals surface area contributed by atoms with Gasteiger partial charge < -0.3 is 20.8 Å². The smallest absolute Gasteiger partial charge is 0.138 e. The first-order chi connectivity index (χ1) is 9.24. The molecule has 114 valence electrons. The molecule has 0 aliphatic carbocycles. The fourth-order valence-corrected chi connectivity index (χ4v) is 1.56. The van der Waals surface area contributed by atoms with E-state index >= 15 is 0 Å². The molecule has 20 heavy (non-hydrogen) atoms. The van der Waals surface area contributed by atoms with E-state index in [1.54, 1.807) is 13.0 Å². The molecule has 0 aliphatic rings. The van der Waals surface area contributed by atoms with Gasteiger partial charge in [-0.3, -0.25) is 0 Å². The maximum atomic E-state index is 9.37. The van der Waals surface area contributed by atoms with Gasteiger partial charge in [-0.1, -0.05) is 20.8 Å². The van der Waals surface area contributed by atoms with Crippen molar-refractivity contribution >= 4 is 11.6 Å². The Hall–Kier alpha value is -1.40. The van der Waals surface area contributed by atoms with Gasteiger partial charge in [0.2, 0.25) is 0 Å². The molecular formula is C14H26N4O2. The second-order valence-corrected chi connectivity index (χ2v) is 6.24. The van der Waals surface area contributed by atoms with Crippen LogP contribution < -0.4 is 10.6 Å². The molecule has 1 aromatic heterocycles. The van der Waals surface area contributed by atoms with E-state index in [1.165, 1.54) is 0 Å². The van der Waals surface area contributed by atoms with Crippen LogP contribution in [0.5, 0.6) is 0 Å². The van der Waals surface area contributed by atoms with Gasteiger partial charge in [0.25, 0.3) is 0 Å². The molecule has 0 atom stereocenters. The van der Waals surface area contributed by atoms with Crippen LogP contribution in [0.4, 0.5) is 11.6 Å². The Balaban J connectivity index is 3.15. The molecule has 1 aromatic rings. The molecule has 0 aromatic carbocycles. The second kappa shape index (κ2) is 6.37. The first kappa shape index (κ1) is 16.7. The van der Waals surface area contributed by atoms with E-state index in [4.69, 9.17) is 0 Å². The quantitative estimate of drug-likeness (QED) is 0.630. The van der Waals surface area contributed by atoms with Crippen molar-refractivity contribution < 1.29 is 10.2 Å². The summed E-state index contributed by atoms with van der Waals surface area (Å²) in [7, 11) is 0. The van der Waals surface area contributed by atoms with Gasteiger partial charge in [-0.25, -0.2) is 9.97 Å². The van der Waals surface area contributed by atoms with Crippen molar-refractivity contribution in [3.8, 4) is 0 Å². The highest BCUT2D eigenvalue weighted by molar-refractivity contribution is 5.49. The summed E-state index contributed by atoms with van der Waals surface area (Å²) >= 11 is 0. The molecule has 0 saturated heterocycles. The first-order valence-corrected chi connectivity index (χ1v) is 6.87. The van der Waals surface area contributed by atoms with E-state index in [2.05, 4.69) is 20.6 Å². The third kappa shape index (κ3) is 4.31. The Morgan fingerprint density at radius 1 is 1.05 bits per heavy atom. The molecule has 0 radical (unpaired) electrons. The molecule has 6 nitrogen and oxygen atoms in total. The van der Waals surface area contributed by atoms with Crippen LogP contribution in [0.2, 0.25) is 0 Å². The Labute approximate surface area is 120 Å². The zero-order valence-corrected chi connectivity index (χ0v) is 13.0. The molecule has 0 amide bonds. The van der Waals surface area contributed by atoms with E-state index in [9.17, 15) is 10.2 Å². The summed E-state index contributed by atoms with van der Waals surface area (Å²) in [4.78, 5) is 8.97. The van der Waals surface area contributed by atoms with Crippen molar-refractivity contribution in [3.05, 3.63) is 11.9 Å². The number of nitrogens with zero attached hydrogens (tertiary/aromatic N) is 2. The summed E-state index contributed by atoms with van der Waals surface area (Å²) in [6.45, 7) is 10.2. The van der Waals surface area contributed by atoms with E-state index < -0.39 is 5.54 Å². The highest BCUT2D eigenvalue weighted by Gasteiger charge is 2.25. The standard InChI is InChI=1S/C14H26N4O2/c1-6-15-10-7-11(18-14(5,8-19)9-20)17-12(16-10)13(2,3)4/h7,19-20H,6,8-9H2,1-5H3,(H2,15,16,17,18). The third-order valence-electron chi connectivity index (χ3n) is 2.88. The minimum absolute atomic E-state index is 0.184. The van der Waals surface area contributed by atoms with Crippen LogP contribution in [0.15, 0.2) is 6.07 Å². The van der Waals surface area contributed by atoms with Crippen LogP contribution in [0, 0.1) is 0 Å². The van der Waals surface area contributed by atoms with Crippen molar-refractivity contribution in [2.24, 2.45) is 0 Å². The second-order valence-electron chi connectivity index (χ2n) is 6.24. The van der Waals surface area contributed by atoms with Gasteiger partial charge in [-0.2, -0.15) is 0 Å². The zero-order valence-electron chi connectivity index (χ0n) is 13.0. The van der Waals surface area contributed by atoms with Gasteiger partial charge in [0, 0.05) is 18.0 Å². The SMILES string of the molecule is CCNc1cc(NC(C)(CO)CO)nc(C(C)(C)C)n1. The largest absolute Gasteiger partial charge is 0.394 e. The molecule has 4 N–H and O–H groups in total. The van der Waals surface area contributed by atoms with Crippen molar-refractivity contribution in [2.75, 3.05) is 30.4 Å². The molecule has 0 unspecified atom stereocenters. The lowest BCUT2D eigenvalue weighted by molar-refractivity contribution is 0.147. The Morgan fingerprint density at radius 3 is 2.05 bits per heavy atom. The topological polar surface area (TPSA) is 90.3 Å². The van der Waals surface area contributed by atoms with Gasteiger partial charge in [0.05, 0.1) is 18.8 Å². The number of aromatic nitrogens is 2. The van der Waals surface area contributed by atoms with Crippen LogP contribution in [0.3, 0.4) is 0 Å². The van der Waals surface area contributed by atoms with Crippen molar-refractivity contribution in [1.82, 2.24) is 9.97 Å². The summed E-state index contributed by atoms with van der Waals surface area (Å²) in [6, 6.07) is 1.78. The van der Waals surface area contributed by atoms with E-state index in [-0.39, 0.29) is 18.6 Å². The van der Waals surface area contributed by atoms with Crippen LogP contribution in [0.25, 0.3) is 0 Å². The average molecular weight is 282 g/mol. The molecule has 1 heterocycles.